The van der Waals surface area contributed by atoms with Crippen LogP contribution in [0.3, 0.4) is 0 Å². The molecule has 1 saturated heterocycles. The number of nitrogens with two attached hydrogens (primary N) is 1. The minimum atomic E-state index is 0.138. The van der Waals surface area contributed by atoms with Crippen LogP contribution in [-0.2, 0) is 4.74 Å². The van der Waals surface area contributed by atoms with E-state index in [9.17, 15) is 0 Å². The molecule has 1 aliphatic heterocycles. The molecular formula is C10H13NO. The van der Waals surface area contributed by atoms with Crippen molar-refractivity contribution in [2.75, 3.05) is 6.61 Å². The molecule has 0 aromatic heterocycles. The Morgan fingerprint density at radius 3 is 2.67 bits per heavy atom. The van der Waals surface area contributed by atoms with Gasteiger partial charge in [0.2, 0.25) is 0 Å². The highest BCUT2D eigenvalue weighted by Crippen LogP contribution is 2.22. The quantitative estimate of drug-likeness (QED) is 0.685. The third kappa shape index (κ3) is 1.84. The number of hydrogen-bond acceptors (Lipinski definition) is 2. The van der Waals surface area contributed by atoms with Gasteiger partial charge in [-0.25, -0.2) is 0 Å². The molecule has 2 atom stereocenters. The fourth-order valence-corrected chi connectivity index (χ4v) is 1.32. The molecule has 2 nitrogen and oxygen atoms in total. The number of epoxide rings is 1. The maximum absolute atomic E-state index is 5.96. The first-order chi connectivity index (χ1) is 5.86. The predicted octanol–water partition coefficient (Wildman–Crippen LogP) is 1.48. The fourth-order valence-electron chi connectivity index (χ4n) is 1.32. The predicted molar refractivity (Wildman–Crippen MR) is 47.7 cm³/mol. The summed E-state index contributed by atoms with van der Waals surface area (Å²) in [6.07, 6.45) is 1.37. The molecule has 0 bridgehead atoms. The lowest BCUT2D eigenvalue weighted by Crippen LogP contribution is -2.12. The Bertz CT molecular complexity index is 243. The molecular weight excluding hydrogens is 150 g/mol. The zero-order chi connectivity index (χ0) is 8.39. The van der Waals surface area contributed by atoms with Crippen LogP contribution in [0.25, 0.3) is 0 Å². The van der Waals surface area contributed by atoms with E-state index in [2.05, 4.69) is 12.1 Å². The van der Waals surface area contributed by atoms with Crippen molar-refractivity contribution in [2.24, 2.45) is 5.73 Å². The fraction of sp³-hybridized carbons (Fsp3) is 0.400. The van der Waals surface area contributed by atoms with Crippen molar-refractivity contribution in [2.45, 2.75) is 18.6 Å². The van der Waals surface area contributed by atoms with Crippen molar-refractivity contribution >= 4 is 0 Å². The van der Waals surface area contributed by atoms with Gasteiger partial charge in [-0.1, -0.05) is 30.3 Å². The van der Waals surface area contributed by atoms with E-state index in [1.54, 1.807) is 0 Å². The highest BCUT2D eigenvalue weighted by molar-refractivity contribution is 5.18. The van der Waals surface area contributed by atoms with E-state index in [0.717, 1.165) is 13.0 Å². The molecule has 1 aromatic rings. The molecule has 0 amide bonds. The number of rotatable bonds is 3. The van der Waals surface area contributed by atoms with E-state index in [1.165, 1.54) is 5.56 Å². The second-order valence-corrected chi connectivity index (χ2v) is 3.21. The zero-order valence-electron chi connectivity index (χ0n) is 6.94. The smallest absolute Gasteiger partial charge is 0.0828 e. The molecule has 0 aliphatic carbocycles. The Hall–Kier alpha value is -0.860. The van der Waals surface area contributed by atoms with Crippen molar-refractivity contribution < 1.29 is 4.74 Å². The van der Waals surface area contributed by atoms with Crippen LogP contribution >= 0.6 is 0 Å². The molecule has 1 aromatic carbocycles. The highest BCUT2D eigenvalue weighted by Gasteiger charge is 2.25. The average Bonchev–Trinajstić information content (AvgIpc) is 2.90. The molecule has 2 rings (SSSR count). The molecule has 0 saturated carbocycles. The van der Waals surface area contributed by atoms with E-state index in [0.29, 0.717) is 6.10 Å². The maximum Gasteiger partial charge on any atom is 0.0828 e. The van der Waals surface area contributed by atoms with Gasteiger partial charge >= 0.3 is 0 Å². The Morgan fingerprint density at radius 1 is 1.42 bits per heavy atom. The van der Waals surface area contributed by atoms with Gasteiger partial charge in [-0.15, -0.1) is 0 Å². The van der Waals surface area contributed by atoms with Gasteiger partial charge in [-0.3, -0.25) is 0 Å². The summed E-state index contributed by atoms with van der Waals surface area (Å²) in [6, 6.07) is 10.3. The van der Waals surface area contributed by atoms with Crippen LogP contribution < -0.4 is 5.73 Å². The summed E-state index contributed by atoms with van der Waals surface area (Å²) in [5.74, 6) is 0. The lowest BCUT2D eigenvalue weighted by Gasteiger charge is -2.09. The van der Waals surface area contributed by atoms with Gasteiger partial charge < -0.3 is 10.5 Å². The maximum atomic E-state index is 5.96. The number of hydrogen-bond donors (Lipinski definition) is 1. The largest absolute Gasteiger partial charge is 0.373 e. The van der Waals surface area contributed by atoms with E-state index >= 15 is 0 Å². The Balaban J connectivity index is 1.98. The number of benzene rings is 1. The molecule has 2 heteroatoms. The van der Waals surface area contributed by atoms with Crippen molar-refractivity contribution in [1.29, 1.82) is 0 Å². The molecule has 12 heavy (non-hydrogen) atoms. The second kappa shape index (κ2) is 3.25. The third-order valence-corrected chi connectivity index (χ3v) is 2.15. The lowest BCUT2D eigenvalue weighted by atomic mass is 10.0. The molecule has 0 radical (unpaired) electrons. The summed E-state index contributed by atoms with van der Waals surface area (Å²) in [6.45, 7) is 0.889. The van der Waals surface area contributed by atoms with Crippen molar-refractivity contribution in [3.8, 4) is 0 Å². The van der Waals surface area contributed by atoms with Gasteiger partial charge in [0.15, 0.2) is 0 Å². The van der Waals surface area contributed by atoms with E-state index in [1.807, 2.05) is 18.2 Å². The van der Waals surface area contributed by atoms with Gasteiger partial charge in [-0.2, -0.15) is 0 Å². The van der Waals surface area contributed by atoms with Gasteiger partial charge in [-0.05, 0) is 12.0 Å². The Morgan fingerprint density at radius 2 is 2.08 bits per heavy atom. The van der Waals surface area contributed by atoms with E-state index in [-0.39, 0.29) is 6.04 Å². The van der Waals surface area contributed by atoms with Gasteiger partial charge in [0.1, 0.15) is 0 Å². The molecule has 1 fully saturated rings. The number of ether oxygens (including phenoxy) is 1. The van der Waals surface area contributed by atoms with Crippen molar-refractivity contribution in [1.82, 2.24) is 0 Å². The van der Waals surface area contributed by atoms with Crippen LogP contribution in [-0.4, -0.2) is 12.7 Å². The second-order valence-electron chi connectivity index (χ2n) is 3.21. The average molecular weight is 163 g/mol. The summed E-state index contributed by atoms with van der Waals surface area (Å²) < 4.78 is 5.12. The molecule has 2 unspecified atom stereocenters. The minimum absolute atomic E-state index is 0.138. The molecule has 1 aliphatic rings. The first kappa shape index (κ1) is 7.77. The Kier molecular flexibility index (Phi) is 2.11. The van der Waals surface area contributed by atoms with Gasteiger partial charge in [0.05, 0.1) is 12.7 Å². The van der Waals surface area contributed by atoms with Crippen LogP contribution in [0.2, 0.25) is 0 Å². The normalized spacial score (nSPS) is 23.6. The lowest BCUT2D eigenvalue weighted by molar-refractivity contribution is 0.382. The van der Waals surface area contributed by atoms with Crippen LogP contribution in [0.4, 0.5) is 0 Å². The van der Waals surface area contributed by atoms with Crippen LogP contribution in [0, 0.1) is 0 Å². The zero-order valence-corrected chi connectivity index (χ0v) is 6.94. The van der Waals surface area contributed by atoms with Gasteiger partial charge in [0, 0.05) is 6.04 Å². The van der Waals surface area contributed by atoms with Crippen molar-refractivity contribution in [3.63, 3.8) is 0 Å². The summed E-state index contributed by atoms with van der Waals surface area (Å²) in [4.78, 5) is 0. The van der Waals surface area contributed by atoms with Crippen LogP contribution in [0.1, 0.15) is 18.0 Å². The molecule has 1 heterocycles. The first-order valence-corrected chi connectivity index (χ1v) is 4.28. The Labute approximate surface area is 72.3 Å². The van der Waals surface area contributed by atoms with E-state index < -0.39 is 0 Å². The molecule has 0 spiro atoms. The summed E-state index contributed by atoms with van der Waals surface area (Å²) >= 11 is 0. The standard InChI is InChI=1S/C10H13NO/c11-10(6-9-7-12-9)8-4-2-1-3-5-8/h1-5,9-10H,6-7,11H2. The summed E-state index contributed by atoms with van der Waals surface area (Å²) in [5.41, 5.74) is 7.16. The first-order valence-electron chi connectivity index (χ1n) is 4.28. The molecule has 64 valence electrons. The minimum Gasteiger partial charge on any atom is -0.373 e. The monoisotopic (exact) mass is 163 g/mol. The third-order valence-electron chi connectivity index (χ3n) is 2.15. The SMILES string of the molecule is NC(CC1CO1)c1ccccc1. The molecule has 2 N–H and O–H groups in total. The summed E-state index contributed by atoms with van der Waals surface area (Å²) in [5, 5.41) is 0. The van der Waals surface area contributed by atoms with Crippen LogP contribution in [0.15, 0.2) is 30.3 Å². The van der Waals surface area contributed by atoms with Crippen LogP contribution in [0.5, 0.6) is 0 Å². The summed E-state index contributed by atoms with van der Waals surface area (Å²) in [7, 11) is 0. The van der Waals surface area contributed by atoms with E-state index in [4.69, 9.17) is 10.5 Å². The highest BCUT2D eigenvalue weighted by atomic mass is 16.6. The van der Waals surface area contributed by atoms with Crippen molar-refractivity contribution in [3.05, 3.63) is 35.9 Å². The topological polar surface area (TPSA) is 38.5 Å². The van der Waals surface area contributed by atoms with Gasteiger partial charge in [0.25, 0.3) is 0 Å².